The van der Waals surface area contributed by atoms with Crippen LogP contribution in [-0.2, 0) is 19.1 Å². The van der Waals surface area contributed by atoms with Gasteiger partial charge in [-0.05, 0) is 55.7 Å². The summed E-state index contributed by atoms with van der Waals surface area (Å²) in [5, 5.41) is 2.95. The summed E-state index contributed by atoms with van der Waals surface area (Å²) in [7, 11) is 4.68. The SMILES string of the molecule is COc1cc([C@@H](C(=O)N2CCCC[C@H]2C(=O)NC2(C(N)=O)CCOCC2)C2CCCCC2)cc(OC)c1OC. The highest BCUT2D eigenvalue weighted by molar-refractivity contribution is 5.95. The third-order valence-electron chi connectivity index (χ3n) is 8.70. The summed E-state index contributed by atoms with van der Waals surface area (Å²) in [6.45, 7) is 1.18. The lowest BCUT2D eigenvalue weighted by Crippen LogP contribution is -2.64. The van der Waals surface area contributed by atoms with E-state index in [1.807, 2.05) is 12.1 Å². The van der Waals surface area contributed by atoms with Crippen molar-refractivity contribution in [1.82, 2.24) is 10.2 Å². The number of amides is 3. The Morgan fingerprint density at radius 1 is 0.949 bits per heavy atom. The van der Waals surface area contributed by atoms with Crippen LogP contribution in [0.25, 0.3) is 0 Å². The molecule has 0 aromatic heterocycles. The van der Waals surface area contributed by atoms with Crippen molar-refractivity contribution in [2.45, 2.75) is 81.7 Å². The van der Waals surface area contributed by atoms with Gasteiger partial charge in [-0.15, -0.1) is 0 Å². The highest BCUT2D eigenvalue weighted by atomic mass is 16.5. The predicted molar refractivity (Wildman–Crippen MR) is 145 cm³/mol. The summed E-state index contributed by atoms with van der Waals surface area (Å²) >= 11 is 0. The van der Waals surface area contributed by atoms with Crippen LogP contribution in [0.1, 0.15) is 75.7 Å². The zero-order valence-corrected chi connectivity index (χ0v) is 23.5. The maximum atomic E-state index is 14.5. The number of ether oxygens (including phenoxy) is 4. The summed E-state index contributed by atoms with van der Waals surface area (Å²) in [4.78, 5) is 42.3. The van der Waals surface area contributed by atoms with Crippen LogP contribution in [0.5, 0.6) is 17.2 Å². The van der Waals surface area contributed by atoms with Crippen molar-refractivity contribution >= 4 is 17.7 Å². The summed E-state index contributed by atoms with van der Waals surface area (Å²) in [5.41, 5.74) is 5.39. The fraction of sp³-hybridized carbons (Fsp3) is 0.690. The molecule has 2 atom stereocenters. The maximum Gasteiger partial charge on any atom is 0.243 e. The van der Waals surface area contributed by atoms with Crippen LogP contribution in [-0.4, -0.2) is 75.3 Å². The number of primary amides is 1. The number of benzene rings is 1. The van der Waals surface area contributed by atoms with Crippen LogP contribution < -0.4 is 25.3 Å². The van der Waals surface area contributed by atoms with Crippen molar-refractivity contribution in [1.29, 1.82) is 0 Å². The Hall–Kier alpha value is -3.01. The van der Waals surface area contributed by atoms with Gasteiger partial charge in [0.2, 0.25) is 23.5 Å². The van der Waals surface area contributed by atoms with E-state index in [0.29, 0.717) is 56.3 Å². The van der Waals surface area contributed by atoms with Gasteiger partial charge in [-0.25, -0.2) is 0 Å². The normalized spacial score (nSPS) is 22.4. The molecule has 2 saturated heterocycles. The molecule has 1 saturated carbocycles. The first-order valence-electron chi connectivity index (χ1n) is 14.1. The molecule has 3 fully saturated rings. The second-order valence-electron chi connectivity index (χ2n) is 10.9. The molecule has 1 aromatic carbocycles. The number of methoxy groups -OCH3 is 3. The Morgan fingerprint density at radius 3 is 2.13 bits per heavy atom. The fourth-order valence-corrected chi connectivity index (χ4v) is 6.48. The summed E-state index contributed by atoms with van der Waals surface area (Å²) in [6.07, 6.45) is 7.97. The third kappa shape index (κ3) is 6.10. The van der Waals surface area contributed by atoms with Gasteiger partial charge in [0.25, 0.3) is 0 Å². The van der Waals surface area contributed by atoms with Crippen LogP contribution >= 0.6 is 0 Å². The molecule has 0 bridgehead atoms. The lowest BCUT2D eigenvalue weighted by atomic mass is 9.75. The van der Waals surface area contributed by atoms with Crippen molar-refractivity contribution < 1.29 is 33.3 Å². The number of hydrogen-bond donors (Lipinski definition) is 2. The van der Waals surface area contributed by atoms with Crippen molar-refractivity contribution in [2.75, 3.05) is 41.1 Å². The van der Waals surface area contributed by atoms with E-state index in [1.165, 1.54) is 0 Å². The standard InChI is InChI=1S/C29H43N3O7/c1-36-22-17-20(18-23(37-2)25(22)38-3)24(19-9-5-4-6-10-19)27(34)32-14-8-7-11-21(32)26(33)31-29(28(30)35)12-15-39-16-13-29/h17-19,21,24H,4-16H2,1-3H3,(H2,30,35)(H,31,33)/t21-,24-/m0/s1. The van der Waals surface area contributed by atoms with Crippen LogP contribution in [0.4, 0.5) is 0 Å². The molecule has 3 aliphatic rings. The molecule has 1 aromatic rings. The van der Waals surface area contributed by atoms with Crippen LogP contribution in [0.15, 0.2) is 12.1 Å². The molecular weight excluding hydrogens is 502 g/mol. The second-order valence-corrected chi connectivity index (χ2v) is 10.9. The first-order chi connectivity index (χ1) is 18.8. The topological polar surface area (TPSA) is 129 Å². The Bertz CT molecular complexity index is 1010. The van der Waals surface area contributed by atoms with Gasteiger partial charge in [-0.3, -0.25) is 14.4 Å². The van der Waals surface area contributed by atoms with E-state index in [-0.39, 0.29) is 17.7 Å². The van der Waals surface area contributed by atoms with Crippen LogP contribution in [0.3, 0.4) is 0 Å². The summed E-state index contributed by atoms with van der Waals surface area (Å²) < 4.78 is 22.2. The molecule has 4 rings (SSSR count). The largest absolute Gasteiger partial charge is 0.493 e. The number of carbonyl (C=O) groups is 3. The maximum absolute atomic E-state index is 14.5. The molecule has 0 unspecified atom stereocenters. The Morgan fingerprint density at radius 2 is 1.56 bits per heavy atom. The van der Waals surface area contributed by atoms with Gasteiger partial charge in [0.1, 0.15) is 11.6 Å². The molecule has 3 amide bonds. The smallest absolute Gasteiger partial charge is 0.243 e. The average Bonchev–Trinajstić information content (AvgIpc) is 2.97. The van der Waals surface area contributed by atoms with Gasteiger partial charge >= 0.3 is 0 Å². The highest BCUT2D eigenvalue weighted by Gasteiger charge is 2.45. The number of rotatable bonds is 9. The van der Waals surface area contributed by atoms with E-state index in [0.717, 1.165) is 50.5 Å². The molecule has 1 aliphatic carbocycles. The minimum absolute atomic E-state index is 0.0730. The van der Waals surface area contributed by atoms with Crippen LogP contribution in [0.2, 0.25) is 0 Å². The summed E-state index contributed by atoms with van der Waals surface area (Å²) in [6, 6.07) is 3.06. The minimum Gasteiger partial charge on any atom is -0.493 e. The Balaban J connectivity index is 1.68. The first-order valence-corrected chi connectivity index (χ1v) is 14.1. The number of likely N-dealkylation sites (tertiary alicyclic amines) is 1. The predicted octanol–water partition coefficient (Wildman–Crippen LogP) is 2.91. The second kappa shape index (κ2) is 12.9. The third-order valence-corrected chi connectivity index (χ3v) is 8.70. The van der Waals surface area contributed by atoms with E-state index in [9.17, 15) is 14.4 Å². The van der Waals surface area contributed by atoms with E-state index in [2.05, 4.69) is 5.32 Å². The van der Waals surface area contributed by atoms with Crippen molar-refractivity contribution in [3.8, 4) is 17.2 Å². The molecule has 39 heavy (non-hydrogen) atoms. The van der Waals surface area contributed by atoms with Crippen molar-refractivity contribution in [3.05, 3.63) is 17.7 Å². The van der Waals surface area contributed by atoms with Crippen molar-refractivity contribution in [2.24, 2.45) is 11.7 Å². The van der Waals surface area contributed by atoms with Gasteiger partial charge < -0.3 is 34.9 Å². The van der Waals surface area contributed by atoms with E-state index >= 15 is 0 Å². The minimum atomic E-state index is -1.15. The van der Waals surface area contributed by atoms with Crippen LogP contribution in [0, 0.1) is 5.92 Å². The number of nitrogens with zero attached hydrogens (tertiary/aromatic N) is 1. The highest BCUT2D eigenvalue weighted by Crippen LogP contribution is 2.45. The van der Waals surface area contributed by atoms with E-state index in [1.54, 1.807) is 26.2 Å². The van der Waals surface area contributed by atoms with Gasteiger partial charge in [0.05, 0.1) is 27.2 Å². The molecule has 216 valence electrons. The zero-order chi connectivity index (χ0) is 28.0. The molecule has 3 N–H and O–H groups in total. The molecule has 10 nitrogen and oxygen atoms in total. The van der Waals surface area contributed by atoms with Gasteiger partial charge in [-0.1, -0.05) is 19.3 Å². The molecule has 2 heterocycles. The molecule has 0 spiro atoms. The van der Waals surface area contributed by atoms with Gasteiger partial charge in [-0.2, -0.15) is 0 Å². The number of nitrogens with two attached hydrogens (primary N) is 1. The van der Waals surface area contributed by atoms with Gasteiger partial charge in [0.15, 0.2) is 11.5 Å². The summed E-state index contributed by atoms with van der Waals surface area (Å²) in [5.74, 6) is 0.180. The first kappa shape index (κ1) is 29.0. The number of carbonyl (C=O) groups excluding carboxylic acids is 3. The lowest BCUT2D eigenvalue weighted by Gasteiger charge is -2.42. The van der Waals surface area contributed by atoms with E-state index < -0.39 is 23.4 Å². The molecule has 2 aliphatic heterocycles. The average molecular weight is 546 g/mol. The Labute approximate surface area is 230 Å². The lowest BCUT2D eigenvalue weighted by molar-refractivity contribution is -0.147. The number of piperidine rings is 1. The van der Waals surface area contributed by atoms with Crippen molar-refractivity contribution in [3.63, 3.8) is 0 Å². The number of nitrogens with one attached hydrogen (secondary N) is 1. The molecular formula is C29H43N3O7. The van der Waals surface area contributed by atoms with Gasteiger partial charge in [0, 0.05) is 32.6 Å². The Kier molecular flexibility index (Phi) is 9.58. The zero-order valence-electron chi connectivity index (χ0n) is 23.5. The monoisotopic (exact) mass is 545 g/mol. The van der Waals surface area contributed by atoms with E-state index in [4.69, 9.17) is 24.7 Å². The fourth-order valence-electron chi connectivity index (χ4n) is 6.48. The quantitative estimate of drug-likeness (QED) is 0.488. The molecule has 10 heteroatoms. The number of hydrogen-bond acceptors (Lipinski definition) is 7. The molecule has 0 radical (unpaired) electrons.